The number of rotatable bonds is 4. The van der Waals surface area contributed by atoms with Gasteiger partial charge in [-0.05, 0) is 18.6 Å². The zero-order valence-electron chi connectivity index (χ0n) is 12.0. The topological polar surface area (TPSA) is 67.3 Å². The molecule has 1 unspecified atom stereocenters. The molecule has 1 aromatic carbocycles. The molecule has 110 valence electrons. The van der Waals surface area contributed by atoms with Crippen molar-refractivity contribution in [2.75, 3.05) is 18.5 Å². The maximum atomic E-state index is 9.37. The van der Waals surface area contributed by atoms with Gasteiger partial charge in [-0.15, -0.1) is 0 Å². The number of nitrogens with one attached hydrogen (secondary N) is 1. The van der Waals surface area contributed by atoms with Crippen molar-refractivity contribution < 1.29 is 9.84 Å². The molecule has 0 fully saturated rings. The van der Waals surface area contributed by atoms with Crippen molar-refractivity contribution in [1.82, 2.24) is 9.97 Å². The summed E-state index contributed by atoms with van der Waals surface area (Å²) in [6, 6.07) is 7.92. The Hall–Kier alpha value is -2.14. The molecule has 1 aliphatic heterocycles. The zero-order chi connectivity index (χ0) is 14.7. The molecular formula is C16H19N3O2. The monoisotopic (exact) mass is 285 g/mol. The van der Waals surface area contributed by atoms with Gasteiger partial charge < -0.3 is 15.2 Å². The largest absolute Gasteiger partial charge is 0.493 e. The van der Waals surface area contributed by atoms with Crippen LogP contribution >= 0.6 is 0 Å². The van der Waals surface area contributed by atoms with E-state index in [9.17, 15) is 5.11 Å². The summed E-state index contributed by atoms with van der Waals surface area (Å²) in [5.41, 5.74) is 2.95. The minimum atomic E-state index is 0.00316. The van der Waals surface area contributed by atoms with Crippen molar-refractivity contribution in [3.63, 3.8) is 0 Å². The molecular weight excluding hydrogens is 266 g/mol. The van der Waals surface area contributed by atoms with Gasteiger partial charge in [-0.2, -0.15) is 0 Å². The van der Waals surface area contributed by atoms with E-state index in [-0.39, 0.29) is 12.6 Å². The summed E-state index contributed by atoms with van der Waals surface area (Å²) in [5, 5.41) is 12.7. The summed E-state index contributed by atoms with van der Waals surface area (Å²) in [6.45, 7) is 2.72. The summed E-state index contributed by atoms with van der Waals surface area (Å²) in [7, 11) is 0. The molecule has 0 saturated carbocycles. The van der Waals surface area contributed by atoms with Gasteiger partial charge in [0.2, 0.25) is 0 Å². The molecule has 0 saturated heterocycles. The van der Waals surface area contributed by atoms with Crippen LogP contribution in [-0.2, 0) is 6.42 Å². The van der Waals surface area contributed by atoms with Gasteiger partial charge in [0, 0.05) is 17.5 Å². The predicted molar refractivity (Wildman–Crippen MR) is 81.5 cm³/mol. The Balaban J connectivity index is 2.05. The third-order valence-electron chi connectivity index (χ3n) is 3.75. The van der Waals surface area contributed by atoms with Crippen LogP contribution in [0.25, 0.3) is 11.3 Å². The molecule has 1 aromatic heterocycles. The fourth-order valence-electron chi connectivity index (χ4n) is 2.53. The number of nitrogens with zero attached hydrogens (tertiary/aromatic N) is 2. The molecule has 0 spiro atoms. The van der Waals surface area contributed by atoms with E-state index in [4.69, 9.17) is 4.74 Å². The van der Waals surface area contributed by atoms with E-state index in [1.807, 2.05) is 31.2 Å². The van der Waals surface area contributed by atoms with Gasteiger partial charge in [-0.1, -0.05) is 19.1 Å². The maximum absolute atomic E-state index is 9.37. The second-order valence-electron chi connectivity index (χ2n) is 5.08. The van der Waals surface area contributed by atoms with Crippen molar-refractivity contribution in [3.05, 3.63) is 36.2 Å². The standard InChI is InChI=1S/C16H19N3O2/c1-2-11(9-20)19-16-13-7-8-21-14-6-4-3-5-12(14)15(13)17-10-18-16/h3-6,10-11,20H,2,7-9H2,1H3,(H,17,18,19). The summed E-state index contributed by atoms with van der Waals surface area (Å²) >= 11 is 0. The molecule has 0 radical (unpaired) electrons. The van der Waals surface area contributed by atoms with E-state index in [0.717, 1.165) is 41.2 Å². The molecule has 1 aliphatic rings. The molecule has 2 heterocycles. The first-order chi connectivity index (χ1) is 10.3. The maximum Gasteiger partial charge on any atom is 0.133 e. The van der Waals surface area contributed by atoms with Crippen molar-refractivity contribution >= 4 is 5.82 Å². The molecule has 1 atom stereocenters. The van der Waals surface area contributed by atoms with Gasteiger partial charge in [-0.3, -0.25) is 0 Å². The first-order valence-electron chi connectivity index (χ1n) is 7.27. The van der Waals surface area contributed by atoms with Gasteiger partial charge >= 0.3 is 0 Å². The zero-order valence-corrected chi connectivity index (χ0v) is 12.0. The molecule has 5 heteroatoms. The van der Waals surface area contributed by atoms with Crippen LogP contribution in [0.1, 0.15) is 18.9 Å². The predicted octanol–water partition coefficient (Wildman–Crippen LogP) is 2.26. The molecule has 0 amide bonds. The van der Waals surface area contributed by atoms with E-state index < -0.39 is 0 Å². The Morgan fingerprint density at radius 3 is 3.00 bits per heavy atom. The minimum absolute atomic E-state index is 0.00316. The molecule has 21 heavy (non-hydrogen) atoms. The molecule has 3 rings (SSSR count). The molecule has 2 N–H and O–H groups in total. The fourth-order valence-corrected chi connectivity index (χ4v) is 2.53. The summed E-state index contributed by atoms with van der Waals surface area (Å²) < 4.78 is 5.80. The van der Waals surface area contributed by atoms with Gasteiger partial charge in [0.25, 0.3) is 0 Å². The Bertz CT molecular complexity index is 627. The highest BCUT2D eigenvalue weighted by molar-refractivity contribution is 5.74. The highest BCUT2D eigenvalue weighted by atomic mass is 16.5. The lowest BCUT2D eigenvalue weighted by Gasteiger charge is -2.18. The number of para-hydroxylation sites is 1. The fraction of sp³-hybridized carbons (Fsp3) is 0.375. The first kappa shape index (κ1) is 13.8. The van der Waals surface area contributed by atoms with E-state index in [1.165, 1.54) is 0 Å². The van der Waals surface area contributed by atoms with Crippen LogP contribution in [0.2, 0.25) is 0 Å². The molecule has 5 nitrogen and oxygen atoms in total. The summed E-state index contributed by atoms with van der Waals surface area (Å²) in [5.74, 6) is 1.65. The number of aromatic nitrogens is 2. The molecule has 2 aromatic rings. The number of hydrogen-bond donors (Lipinski definition) is 2. The lowest BCUT2D eigenvalue weighted by Crippen LogP contribution is -2.24. The van der Waals surface area contributed by atoms with Crippen LogP contribution in [0.15, 0.2) is 30.6 Å². The van der Waals surface area contributed by atoms with Gasteiger partial charge in [0.15, 0.2) is 0 Å². The number of benzene rings is 1. The Kier molecular flexibility index (Phi) is 4.01. The van der Waals surface area contributed by atoms with E-state index in [0.29, 0.717) is 6.61 Å². The smallest absolute Gasteiger partial charge is 0.133 e. The van der Waals surface area contributed by atoms with Crippen molar-refractivity contribution in [3.8, 4) is 17.0 Å². The van der Waals surface area contributed by atoms with Crippen molar-refractivity contribution in [1.29, 1.82) is 0 Å². The average Bonchev–Trinajstić information content (AvgIpc) is 2.72. The number of anilines is 1. The van der Waals surface area contributed by atoms with E-state index >= 15 is 0 Å². The normalized spacial score (nSPS) is 14.4. The number of hydrogen-bond acceptors (Lipinski definition) is 5. The van der Waals surface area contributed by atoms with Crippen LogP contribution in [0.3, 0.4) is 0 Å². The Morgan fingerprint density at radius 1 is 1.33 bits per heavy atom. The van der Waals surface area contributed by atoms with E-state index in [2.05, 4.69) is 15.3 Å². The van der Waals surface area contributed by atoms with Crippen LogP contribution in [0.4, 0.5) is 5.82 Å². The van der Waals surface area contributed by atoms with Crippen LogP contribution in [0.5, 0.6) is 5.75 Å². The van der Waals surface area contributed by atoms with Crippen LogP contribution in [-0.4, -0.2) is 34.3 Å². The SMILES string of the molecule is CCC(CO)Nc1ncnc2c1CCOc1ccccc1-2. The van der Waals surface area contributed by atoms with Crippen molar-refractivity contribution in [2.24, 2.45) is 0 Å². The average molecular weight is 285 g/mol. The lowest BCUT2D eigenvalue weighted by atomic mass is 10.0. The Labute approximate surface area is 124 Å². The Morgan fingerprint density at radius 2 is 2.19 bits per heavy atom. The van der Waals surface area contributed by atoms with Gasteiger partial charge in [-0.25, -0.2) is 9.97 Å². The highest BCUT2D eigenvalue weighted by Gasteiger charge is 2.20. The number of ether oxygens (including phenoxy) is 1. The highest BCUT2D eigenvalue weighted by Crippen LogP contribution is 2.35. The summed E-state index contributed by atoms with van der Waals surface area (Å²) in [4.78, 5) is 8.80. The second-order valence-corrected chi connectivity index (χ2v) is 5.08. The van der Waals surface area contributed by atoms with Crippen molar-refractivity contribution in [2.45, 2.75) is 25.8 Å². The van der Waals surface area contributed by atoms with Gasteiger partial charge in [0.1, 0.15) is 17.9 Å². The number of aliphatic hydroxyl groups is 1. The van der Waals surface area contributed by atoms with E-state index in [1.54, 1.807) is 6.33 Å². The molecule has 0 bridgehead atoms. The quantitative estimate of drug-likeness (QED) is 0.902. The van der Waals surface area contributed by atoms with Crippen LogP contribution in [0, 0.1) is 0 Å². The number of aliphatic hydroxyl groups excluding tert-OH is 1. The summed E-state index contributed by atoms with van der Waals surface area (Å²) in [6.07, 6.45) is 3.14. The first-order valence-corrected chi connectivity index (χ1v) is 7.27. The number of fused-ring (bicyclic) bond motifs is 3. The second kappa shape index (κ2) is 6.10. The molecule has 0 aliphatic carbocycles. The lowest BCUT2D eigenvalue weighted by molar-refractivity contribution is 0.271. The third kappa shape index (κ3) is 2.69. The minimum Gasteiger partial charge on any atom is -0.493 e. The van der Waals surface area contributed by atoms with Gasteiger partial charge in [0.05, 0.1) is 24.9 Å². The van der Waals surface area contributed by atoms with Crippen LogP contribution < -0.4 is 10.1 Å². The third-order valence-corrected chi connectivity index (χ3v) is 3.75.